The van der Waals surface area contributed by atoms with E-state index in [1.54, 1.807) is 39.3 Å². The summed E-state index contributed by atoms with van der Waals surface area (Å²) < 4.78 is 10.5. The number of carbonyl (C=O) groups is 2. The second-order valence-electron chi connectivity index (χ2n) is 6.06. The van der Waals surface area contributed by atoms with Gasteiger partial charge in [-0.25, -0.2) is 0 Å². The van der Waals surface area contributed by atoms with Gasteiger partial charge in [0.25, 0.3) is 0 Å². The van der Waals surface area contributed by atoms with Crippen molar-refractivity contribution in [2.75, 3.05) is 19.5 Å². The molecule has 6 heteroatoms. The van der Waals surface area contributed by atoms with Gasteiger partial charge in [0, 0.05) is 5.69 Å². The Hall–Kier alpha value is -3.02. The van der Waals surface area contributed by atoms with E-state index < -0.39 is 11.8 Å². The van der Waals surface area contributed by atoms with Crippen LogP contribution in [0, 0.1) is 13.8 Å². The van der Waals surface area contributed by atoms with Gasteiger partial charge in [-0.2, -0.15) is 0 Å². The number of hydrogen-bond acceptors (Lipinski definition) is 4. The highest BCUT2D eigenvalue weighted by Gasteiger charge is 2.18. The van der Waals surface area contributed by atoms with Crippen molar-refractivity contribution in [1.29, 1.82) is 0 Å². The first-order valence-corrected chi connectivity index (χ1v) is 8.26. The van der Waals surface area contributed by atoms with Gasteiger partial charge in [-0.05, 0) is 61.7 Å². The quantitative estimate of drug-likeness (QED) is 0.807. The number of amides is 2. The average molecular weight is 356 g/mol. The number of methoxy groups -OCH3 is 2. The van der Waals surface area contributed by atoms with Gasteiger partial charge in [0.2, 0.25) is 0 Å². The zero-order valence-corrected chi connectivity index (χ0v) is 15.7. The van der Waals surface area contributed by atoms with Gasteiger partial charge in [-0.3, -0.25) is 9.59 Å². The number of anilines is 1. The van der Waals surface area contributed by atoms with Gasteiger partial charge in [0.05, 0.1) is 20.3 Å². The van der Waals surface area contributed by atoms with Crippen LogP contribution >= 0.6 is 0 Å². The summed E-state index contributed by atoms with van der Waals surface area (Å²) in [7, 11) is 3.10. The number of hydrogen-bond donors (Lipinski definition) is 2. The predicted molar refractivity (Wildman–Crippen MR) is 101 cm³/mol. The minimum absolute atomic E-state index is 0.368. The van der Waals surface area contributed by atoms with E-state index in [-0.39, 0.29) is 6.04 Å². The molecule has 0 saturated heterocycles. The number of rotatable bonds is 5. The Morgan fingerprint density at radius 3 is 2.19 bits per heavy atom. The van der Waals surface area contributed by atoms with Crippen LogP contribution in [0.1, 0.15) is 29.7 Å². The smallest absolute Gasteiger partial charge is 0.313 e. The fourth-order valence-corrected chi connectivity index (χ4v) is 2.47. The monoisotopic (exact) mass is 356 g/mol. The minimum Gasteiger partial charge on any atom is -0.493 e. The van der Waals surface area contributed by atoms with Crippen LogP contribution in [0.2, 0.25) is 0 Å². The highest BCUT2D eigenvalue weighted by atomic mass is 16.5. The number of ether oxygens (including phenoxy) is 2. The Morgan fingerprint density at radius 1 is 0.885 bits per heavy atom. The second-order valence-corrected chi connectivity index (χ2v) is 6.06. The van der Waals surface area contributed by atoms with Gasteiger partial charge < -0.3 is 20.1 Å². The molecule has 2 rings (SSSR count). The lowest BCUT2D eigenvalue weighted by molar-refractivity contribution is -0.136. The van der Waals surface area contributed by atoms with Gasteiger partial charge >= 0.3 is 11.8 Å². The number of benzene rings is 2. The largest absolute Gasteiger partial charge is 0.493 e. The molecule has 2 aromatic rings. The van der Waals surface area contributed by atoms with Crippen LogP contribution < -0.4 is 20.1 Å². The molecule has 0 aromatic heterocycles. The maximum absolute atomic E-state index is 12.2. The number of nitrogens with one attached hydrogen (secondary N) is 2. The molecule has 0 aliphatic rings. The summed E-state index contributed by atoms with van der Waals surface area (Å²) in [6.07, 6.45) is 0. The Labute approximate surface area is 153 Å². The Kier molecular flexibility index (Phi) is 6.22. The third kappa shape index (κ3) is 4.53. The maximum atomic E-state index is 12.2. The van der Waals surface area contributed by atoms with E-state index in [0.717, 1.165) is 16.7 Å². The molecule has 2 aromatic carbocycles. The fraction of sp³-hybridized carbons (Fsp3) is 0.300. The Morgan fingerprint density at radius 2 is 1.58 bits per heavy atom. The molecule has 2 N–H and O–H groups in total. The van der Waals surface area contributed by atoms with E-state index in [0.29, 0.717) is 17.2 Å². The van der Waals surface area contributed by atoms with Crippen LogP contribution in [-0.4, -0.2) is 26.0 Å². The normalized spacial score (nSPS) is 11.4. The summed E-state index contributed by atoms with van der Waals surface area (Å²) >= 11 is 0. The van der Waals surface area contributed by atoms with Crippen molar-refractivity contribution in [3.05, 3.63) is 53.1 Å². The molecule has 1 unspecified atom stereocenters. The lowest BCUT2D eigenvalue weighted by atomic mass is 10.1. The summed E-state index contributed by atoms with van der Waals surface area (Å²) in [4.78, 5) is 24.3. The molecule has 0 aliphatic heterocycles. The highest BCUT2D eigenvalue weighted by molar-refractivity contribution is 6.39. The van der Waals surface area contributed by atoms with Crippen molar-refractivity contribution in [3.63, 3.8) is 0 Å². The van der Waals surface area contributed by atoms with Gasteiger partial charge in [-0.15, -0.1) is 0 Å². The molecule has 0 aliphatic carbocycles. The van der Waals surface area contributed by atoms with Crippen LogP contribution in [0.4, 0.5) is 5.69 Å². The third-order valence-electron chi connectivity index (χ3n) is 4.23. The van der Waals surface area contributed by atoms with Crippen LogP contribution in [0.15, 0.2) is 36.4 Å². The lowest BCUT2D eigenvalue weighted by Gasteiger charge is -2.16. The van der Waals surface area contributed by atoms with Crippen molar-refractivity contribution in [3.8, 4) is 11.5 Å². The zero-order valence-electron chi connectivity index (χ0n) is 15.7. The molecule has 138 valence electrons. The highest BCUT2D eigenvalue weighted by Crippen LogP contribution is 2.29. The summed E-state index contributed by atoms with van der Waals surface area (Å²) in [6, 6.07) is 10.5. The lowest BCUT2D eigenvalue weighted by Crippen LogP contribution is -2.36. The second kappa shape index (κ2) is 8.38. The average Bonchev–Trinajstić information content (AvgIpc) is 2.63. The van der Waals surface area contributed by atoms with Crippen molar-refractivity contribution in [1.82, 2.24) is 5.32 Å². The maximum Gasteiger partial charge on any atom is 0.313 e. The van der Waals surface area contributed by atoms with Crippen LogP contribution in [0.25, 0.3) is 0 Å². The van der Waals surface area contributed by atoms with Crippen LogP contribution in [0.3, 0.4) is 0 Å². The van der Waals surface area contributed by atoms with Gasteiger partial charge in [0.1, 0.15) is 0 Å². The molecule has 0 heterocycles. The summed E-state index contributed by atoms with van der Waals surface area (Å²) in [5, 5.41) is 5.30. The molecule has 26 heavy (non-hydrogen) atoms. The zero-order chi connectivity index (χ0) is 19.3. The molecule has 0 spiro atoms. The van der Waals surface area contributed by atoms with E-state index in [1.807, 2.05) is 32.0 Å². The number of aryl methyl sites for hydroxylation is 2. The summed E-state index contributed by atoms with van der Waals surface area (Å²) in [6.45, 7) is 5.73. The van der Waals surface area contributed by atoms with E-state index >= 15 is 0 Å². The summed E-state index contributed by atoms with van der Waals surface area (Å²) in [5.41, 5.74) is 3.55. The molecular weight excluding hydrogens is 332 g/mol. The number of carbonyl (C=O) groups excluding carboxylic acids is 2. The summed E-state index contributed by atoms with van der Waals surface area (Å²) in [5.74, 6) is -0.251. The molecular formula is C20H24N2O4. The standard InChI is InChI=1S/C20H24N2O4/c1-12-6-8-16(10-13(12)2)22-20(24)19(23)21-14(3)15-7-9-17(25-4)18(11-15)26-5/h6-11,14H,1-5H3,(H,21,23)(H,22,24). The van der Waals surface area contributed by atoms with E-state index in [4.69, 9.17) is 9.47 Å². The molecule has 0 radical (unpaired) electrons. The topological polar surface area (TPSA) is 76.7 Å². The molecule has 0 saturated carbocycles. The van der Waals surface area contributed by atoms with Crippen molar-refractivity contribution < 1.29 is 19.1 Å². The van der Waals surface area contributed by atoms with E-state index in [9.17, 15) is 9.59 Å². The first-order chi connectivity index (χ1) is 12.3. The van der Waals surface area contributed by atoms with Crippen molar-refractivity contribution in [2.45, 2.75) is 26.8 Å². The van der Waals surface area contributed by atoms with Gasteiger partial charge in [0.15, 0.2) is 11.5 Å². The SMILES string of the molecule is COc1ccc(C(C)NC(=O)C(=O)Nc2ccc(C)c(C)c2)cc1OC. The Balaban J connectivity index is 2.03. The first kappa shape index (κ1) is 19.3. The molecule has 1 atom stereocenters. The van der Waals surface area contributed by atoms with Gasteiger partial charge in [-0.1, -0.05) is 12.1 Å². The van der Waals surface area contributed by atoms with E-state index in [1.165, 1.54) is 0 Å². The fourth-order valence-electron chi connectivity index (χ4n) is 2.47. The molecule has 0 fully saturated rings. The Bertz CT molecular complexity index is 817. The first-order valence-electron chi connectivity index (χ1n) is 8.26. The van der Waals surface area contributed by atoms with Crippen molar-refractivity contribution >= 4 is 17.5 Å². The van der Waals surface area contributed by atoms with Crippen LogP contribution in [-0.2, 0) is 9.59 Å². The predicted octanol–water partition coefficient (Wildman–Crippen LogP) is 3.14. The van der Waals surface area contributed by atoms with Crippen molar-refractivity contribution in [2.24, 2.45) is 0 Å². The molecule has 0 bridgehead atoms. The van der Waals surface area contributed by atoms with E-state index in [2.05, 4.69) is 10.6 Å². The molecule has 2 amide bonds. The minimum atomic E-state index is -0.708. The third-order valence-corrected chi connectivity index (χ3v) is 4.23. The van der Waals surface area contributed by atoms with Crippen LogP contribution in [0.5, 0.6) is 11.5 Å². The molecule has 6 nitrogen and oxygen atoms in total.